The average molecular weight is 549 g/mol. The second-order valence-corrected chi connectivity index (χ2v) is 10.9. The van der Waals surface area contributed by atoms with Gasteiger partial charge in [-0.15, -0.1) is 6.58 Å². The molecule has 190 valence electrons. The minimum Gasteiger partial charge on any atom is -0.466 e. The fourth-order valence-corrected chi connectivity index (χ4v) is 6.95. The monoisotopic (exact) mass is 548 g/mol. The molecule has 2 bridgehead atoms. The Kier molecular flexibility index (Phi) is 7.14. The zero-order chi connectivity index (χ0) is 25.7. The Balaban J connectivity index is 1.84. The first-order valence-electron chi connectivity index (χ1n) is 12.0. The number of hydrogen-bond donors (Lipinski definition) is 1. The maximum absolute atomic E-state index is 14.4. The number of amides is 2. The number of rotatable bonds is 8. The van der Waals surface area contributed by atoms with Crippen LogP contribution in [0.5, 0.6) is 0 Å². The van der Waals surface area contributed by atoms with Crippen LogP contribution in [0.2, 0.25) is 0 Å². The summed E-state index contributed by atoms with van der Waals surface area (Å²) >= 11 is 3.64. The first kappa shape index (κ1) is 25.9. The summed E-state index contributed by atoms with van der Waals surface area (Å²) in [6, 6.07) is 4.21. The quantitative estimate of drug-likeness (QED) is 0.304. The summed E-state index contributed by atoms with van der Waals surface area (Å²) in [6.07, 6.45) is 1.47. The van der Waals surface area contributed by atoms with Gasteiger partial charge in [-0.25, -0.2) is 0 Å². The van der Waals surface area contributed by atoms with Crippen LogP contribution in [0.15, 0.2) is 30.9 Å². The number of esters is 1. The Morgan fingerprint density at radius 3 is 2.77 bits per heavy atom. The molecule has 3 fully saturated rings. The molecular weight excluding hydrogens is 516 g/mol. The number of nitrogens with zero attached hydrogens (tertiary/aromatic N) is 2. The minimum absolute atomic E-state index is 0.182. The van der Waals surface area contributed by atoms with Crippen LogP contribution in [0.3, 0.4) is 0 Å². The zero-order valence-electron chi connectivity index (χ0n) is 20.6. The Bertz CT molecular complexity index is 1050. The van der Waals surface area contributed by atoms with Crippen LogP contribution in [-0.2, 0) is 23.9 Å². The number of aliphatic hydroxyl groups is 1. The molecule has 1 aromatic rings. The van der Waals surface area contributed by atoms with Gasteiger partial charge in [-0.05, 0) is 51.3 Å². The fraction of sp³-hybridized carbons (Fsp3) is 0.577. The van der Waals surface area contributed by atoms with Gasteiger partial charge in [0.25, 0.3) is 5.91 Å². The van der Waals surface area contributed by atoms with Crippen molar-refractivity contribution in [2.45, 2.75) is 62.7 Å². The number of alkyl halides is 1. The lowest BCUT2D eigenvalue weighted by molar-refractivity contribution is -0.155. The van der Waals surface area contributed by atoms with E-state index in [-0.39, 0.29) is 36.4 Å². The normalized spacial score (nSPS) is 31.9. The molecule has 0 aliphatic carbocycles. The number of carbonyl (C=O) groups excluding carboxylic acids is 3. The molecule has 9 heteroatoms. The highest BCUT2D eigenvalue weighted by Gasteiger charge is 2.77. The molecular formula is C26H33BrN2O6. The van der Waals surface area contributed by atoms with Gasteiger partial charge in [0.05, 0.1) is 37.2 Å². The first-order valence-corrected chi connectivity index (χ1v) is 13.0. The Labute approximate surface area is 214 Å². The van der Waals surface area contributed by atoms with Crippen LogP contribution < -0.4 is 4.90 Å². The van der Waals surface area contributed by atoms with Crippen LogP contribution in [0.25, 0.3) is 0 Å². The molecule has 3 heterocycles. The summed E-state index contributed by atoms with van der Waals surface area (Å²) in [5.41, 5.74) is 1.42. The minimum atomic E-state index is -1.20. The predicted molar refractivity (Wildman–Crippen MR) is 134 cm³/mol. The summed E-state index contributed by atoms with van der Waals surface area (Å²) in [5, 5.41) is 10.0. The number of ether oxygens (including phenoxy) is 2. The molecule has 1 spiro atoms. The van der Waals surface area contributed by atoms with Crippen LogP contribution >= 0.6 is 15.9 Å². The molecule has 1 aromatic carbocycles. The summed E-state index contributed by atoms with van der Waals surface area (Å²) in [4.78, 5) is 44.1. The largest absolute Gasteiger partial charge is 0.466 e. The van der Waals surface area contributed by atoms with Crippen molar-refractivity contribution in [2.75, 3.05) is 24.7 Å². The van der Waals surface area contributed by atoms with E-state index in [9.17, 15) is 19.5 Å². The molecule has 3 aliphatic heterocycles. The van der Waals surface area contributed by atoms with E-state index in [4.69, 9.17) is 9.47 Å². The highest BCUT2D eigenvalue weighted by atomic mass is 79.9. The van der Waals surface area contributed by atoms with Gasteiger partial charge in [0.2, 0.25) is 5.91 Å². The van der Waals surface area contributed by atoms with E-state index < -0.39 is 41.6 Å². The molecule has 35 heavy (non-hydrogen) atoms. The second-order valence-electron chi connectivity index (χ2n) is 9.72. The summed E-state index contributed by atoms with van der Waals surface area (Å²) in [7, 11) is 0. The van der Waals surface area contributed by atoms with Crippen molar-refractivity contribution in [1.82, 2.24) is 4.90 Å². The molecule has 0 radical (unpaired) electrons. The van der Waals surface area contributed by atoms with Crippen molar-refractivity contribution in [1.29, 1.82) is 0 Å². The number of benzene rings is 1. The number of anilines is 1. The van der Waals surface area contributed by atoms with E-state index in [0.29, 0.717) is 6.42 Å². The molecule has 2 amide bonds. The molecule has 4 rings (SSSR count). The average Bonchev–Trinajstić information content (AvgIpc) is 3.42. The van der Waals surface area contributed by atoms with Crippen molar-refractivity contribution in [3.63, 3.8) is 0 Å². The number of hydrogen-bond acceptors (Lipinski definition) is 6. The number of carbonyl (C=O) groups is 3. The molecule has 8 nitrogen and oxygen atoms in total. The Hall–Kier alpha value is -2.23. The van der Waals surface area contributed by atoms with Crippen LogP contribution in [-0.4, -0.2) is 76.2 Å². The van der Waals surface area contributed by atoms with Gasteiger partial charge < -0.3 is 24.4 Å². The number of fused-ring (bicyclic) bond motifs is 1. The van der Waals surface area contributed by atoms with E-state index >= 15 is 0 Å². The smallest absolute Gasteiger partial charge is 0.312 e. The van der Waals surface area contributed by atoms with E-state index in [2.05, 4.69) is 22.5 Å². The molecule has 0 aromatic heterocycles. The van der Waals surface area contributed by atoms with E-state index in [0.717, 1.165) is 16.8 Å². The van der Waals surface area contributed by atoms with Crippen LogP contribution in [0.4, 0.5) is 5.69 Å². The van der Waals surface area contributed by atoms with E-state index in [1.807, 2.05) is 32.0 Å². The molecule has 3 unspecified atom stereocenters. The lowest BCUT2D eigenvalue weighted by Gasteiger charge is -2.39. The third-order valence-corrected chi connectivity index (χ3v) is 8.34. The van der Waals surface area contributed by atoms with E-state index in [1.54, 1.807) is 24.8 Å². The fourth-order valence-electron chi connectivity index (χ4n) is 6.01. The predicted octanol–water partition coefficient (Wildman–Crippen LogP) is 2.51. The van der Waals surface area contributed by atoms with Gasteiger partial charge in [-0.1, -0.05) is 34.1 Å². The van der Waals surface area contributed by atoms with Gasteiger partial charge >= 0.3 is 5.97 Å². The highest BCUT2D eigenvalue weighted by molar-refractivity contribution is 9.09. The van der Waals surface area contributed by atoms with Crippen molar-refractivity contribution in [3.05, 3.63) is 42.0 Å². The lowest BCUT2D eigenvalue weighted by atomic mass is 9.70. The Morgan fingerprint density at radius 1 is 1.43 bits per heavy atom. The zero-order valence-corrected chi connectivity index (χ0v) is 22.2. The number of aliphatic hydroxyl groups excluding tert-OH is 1. The topological polar surface area (TPSA) is 96.4 Å². The van der Waals surface area contributed by atoms with Crippen molar-refractivity contribution in [3.8, 4) is 0 Å². The molecule has 7 atom stereocenters. The van der Waals surface area contributed by atoms with Crippen molar-refractivity contribution >= 4 is 39.4 Å². The van der Waals surface area contributed by atoms with Crippen LogP contribution in [0, 0.1) is 25.7 Å². The summed E-state index contributed by atoms with van der Waals surface area (Å²) < 4.78 is 11.8. The summed E-state index contributed by atoms with van der Waals surface area (Å²) in [6.45, 7) is 11.2. The van der Waals surface area contributed by atoms with Crippen molar-refractivity contribution < 1.29 is 29.0 Å². The van der Waals surface area contributed by atoms with Gasteiger partial charge in [0, 0.05) is 17.1 Å². The SMILES string of the molecule is C=CCN(C(=O)C1N([C@H](C)CO)C(=O)[C@@H]2[C@H](C(=O)OCC)[C@H]3OC12CC3Br)c1cc(C)ccc1C. The van der Waals surface area contributed by atoms with Gasteiger partial charge in [0.15, 0.2) is 0 Å². The number of likely N-dealkylation sites (tertiary alicyclic amines) is 1. The lowest BCUT2D eigenvalue weighted by Crippen LogP contribution is -2.59. The summed E-state index contributed by atoms with van der Waals surface area (Å²) in [5.74, 6) is -2.85. The third-order valence-electron chi connectivity index (χ3n) is 7.49. The molecule has 3 saturated heterocycles. The molecule has 1 N–H and O–H groups in total. The van der Waals surface area contributed by atoms with Crippen LogP contribution in [0.1, 0.15) is 31.4 Å². The van der Waals surface area contributed by atoms with Gasteiger partial charge in [0.1, 0.15) is 11.6 Å². The van der Waals surface area contributed by atoms with E-state index in [1.165, 1.54) is 4.90 Å². The van der Waals surface area contributed by atoms with Crippen molar-refractivity contribution in [2.24, 2.45) is 11.8 Å². The first-order chi connectivity index (χ1) is 16.6. The Morgan fingerprint density at radius 2 is 2.14 bits per heavy atom. The third kappa shape index (κ3) is 3.92. The number of halogens is 1. The molecule has 0 saturated carbocycles. The molecule has 3 aliphatic rings. The van der Waals surface area contributed by atoms with Gasteiger partial charge in [-0.3, -0.25) is 14.4 Å². The maximum atomic E-state index is 14.4. The number of aryl methyl sites for hydroxylation is 2. The van der Waals surface area contributed by atoms with Gasteiger partial charge in [-0.2, -0.15) is 0 Å². The second kappa shape index (κ2) is 9.67. The standard InChI is InChI=1S/C26H33BrN2O6/c1-6-10-28(18-11-14(3)8-9-15(18)4)24(32)22-26-12-17(27)21(35-26)19(25(33)34-7-2)20(26)23(31)29(22)16(5)13-30/h6,8-9,11,16-17,19-22,30H,1,7,10,12-13H2,2-5H3/t16-,17?,19+,20+,21+,22?,26?/m1/s1. The maximum Gasteiger partial charge on any atom is 0.312 e. The highest BCUT2D eigenvalue weighted by Crippen LogP contribution is 2.60.